The van der Waals surface area contributed by atoms with Gasteiger partial charge in [0.1, 0.15) is 17.7 Å². The molecule has 4 N–H and O–H groups in total. The fraction of sp³-hybridized carbons (Fsp3) is 0.419. The van der Waals surface area contributed by atoms with E-state index in [1.54, 1.807) is 71.0 Å². The second-order valence-corrected chi connectivity index (χ2v) is 11.2. The highest BCUT2D eigenvalue weighted by molar-refractivity contribution is 6.00. The van der Waals surface area contributed by atoms with E-state index in [1.807, 2.05) is 26.0 Å². The Labute approximate surface area is 236 Å². The van der Waals surface area contributed by atoms with Crippen LogP contribution in [0.4, 0.5) is 10.5 Å². The molecule has 2 rings (SSSR count). The first-order chi connectivity index (χ1) is 18.6. The van der Waals surface area contributed by atoms with Crippen LogP contribution < -0.4 is 16.4 Å². The van der Waals surface area contributed by atoms with Crippen molar-refractivity contribution < 1.29 is 23.9 Å². The lowest BCUT2D eigenvalue weighted by Crippen LogP contribution is -2.59. The maximum absolute atomic E-state index is 14.3. The summed E-state index contributed by atoms with van der Waals surface area (Å²) in [6.07, 6.45) is 4.85. The third-order valence-electron chi connectivity index (χ3n) is 6.47. The van der Waals surface area contributed by atoms with Crippen molar-refractivity contribution in [2.45, 2.75) is 84.5 Å². The Bertz CT molecular complexity index is 1290. The highest BCUT2D eigenvalue weighted by atomic mass is 16.6. The summed E-state index contributed by atoms with van der Waals surface area (Å²) >= 11 is 0. The molecule has 2 unspecified atom stereocenters. The molecule has 4 amide bonds. The lowest BCUT2D eigenvalue weighted by molar-refractivity contribution is -0.148. The number of carbonyl (C=O) groups is 4. The molecule has 9 heteroatoms. The summed E-state index contributed by atoms with van der Waals surface area (Å²) in [4.78, 5) is 54.6. The molecule has 0 spiro atoms. The maximum atomic E-state index is 14.3. The van der Waals surface area contributed by atoms with Crippen LogP contribution in [0.25, 0.3) is 0 Å². The van der Waals surface area contributed by atoms with Gasteiger partial charge in [-0.25, -0.2) is 4.79 Å². The van der Waals surface area contributed by atoms with Crippen LogP contribution in [0.3, 0.4) is 0 Å². The predicted molar refractivity (Wildman–Crippen MR) is 155 cm³/mol. The zero-order chi connectivity index (χ0) is 30.3. The first kappa shape index (κ1) is 31.9. The highest BCUT2D eigenvalue weighted by Crippen LogP contribution is 2.35. The van der Waals surface area contributed by atoms with E-state index in [-0.39, 0.29) is 0 Å². The number of nitrogens with two attached hydrogens (primary N) is 1. The second-order valence-electron chi connectivity index (χ2n) is 11.2. The number of hydrogen-bond acceptors (Lipinski definition) is 5. The number of anilines is 1. The van der Waals surface area contributed by atoms with Crippen LogP contribution in [0.2, 0.25) is 0 Å². The first-order valence-corrected chi connectivity index (χ1v) is 13.1. The third kappa shape index (κ3) is 8.34. The van der Waals surface area contributed by atoms with E-state index in [4.69, 9.17) is 16.9 Å². The van der Waals surface area contributed by atoms with Crippen LogP contribution in [-0.4, -0.2) is 45.9 Å². The number of benzene rings is 2. The van der Waals surface area contributed by atoms with Crippen molar-refractivity contribution in [3.8, 4) is 12.3 Å². The van der Waals surface area contributed by atoms with Gasteiger partial charge in [-0.3, -0.25) is 14.4 Å². The monoisotopic (exact) mass is 548 g/mol. The number of carbonyl (C=O) groups excluding carboxylic acids is 4. The van der Waals surface area contributed by atoms with Crippen LogP contribution in [0.1, 0.15) is 77.1 Å². The number of amides is 4. The molecule has 0 radical (unpaired) electrons. The quantitative estimate of drug-likeness (QED) is 0.378. The number of aryl methyl sites for hydroxylation is 1. The minimum absolute atomic E-state index is 0.418. The van der Waals surface area contributed by atoms with Crippen molar-refractivity contribution in [3.05, 3.63) is 65.2 Å². The fourth-order valence-electron chi connectivity index (χ4n) is 4.14. The Kier molecular flexibility index (Phi) is 10.5. The Hall–Kier alpha value is -4.32. The topological polar surface area (TPSA) is 131 Å². The van der Waals surface area contributed by atoms with E-state index in [0.29, 0.717) is 23.2 Å². The number of rotatable bonds is 10. The van der Waals surface area contributed by atoms with E-state index in [9.17, 15) is 19.2 Å². The number of hydrogen-bond donors (Lipinski definition) is 3. The highest BCUT2D eigenvalue weighted by Gasteiger charge is 2.44. The molecule has 2 aromatic rings. The van der Waals surface area contributed by atoms with Gasteiger partial charge in [-0.1, -0.05) is 49.2 Å². The van der Waals surface area contributed by atoms with Crippen LogP contribution in [0.5, 0.6) is 0 Å². The number of nitrogens with zero attached hydrogens (tertiary/aromatic N) is 1. The summed E-state index contributed by atoms with van der Waals surface area (Å²) in [6.45, 7) is 12.3. The van der Waals surface area contributed by atoms with E-state index in [2.05, 4.69) is 16.6 Å². The molecule has 0 aliphatic carbocycles. The SMILES string of the molecule is C#Cc1ccccc1C(C(=O)Nc1ccccc1C)N(C(=O)C(CC(N)=O)NC(=O)OC(C)(C)C)C(C)(C)CC. The van der Waals surface area contributed by atoms with Crippen LogP contribution in [-0.2, 0) is 19.1 Å². The molecule has 0 aliphatic rings. The lowest BCUT2D eigenvalue weighted by atomic mass is 9.90. The van der Waals surface area contributed by atoms with Crippen LogP contribution in [0, 0.1) is 19.3 Å². The number of primary amides is 1. The lowest BCUT2D eigenvalue weighted by Gasteiger charge is -2.44. The molecule has 0 saturated heterocycles. The van der Waals surface area contributed by atoms with Gasteiger partial charge in [-0.2, -0.15) is 0 Å². The van der Waals surface area contributed by atoms with Gasteiger partial charge < -0.3 is 26.0 Å². The summed E-state index contributed by atoms with van der Waals surface area (Å²) in [6, 6.07) is 11.5. The molecule has 0 aliphatic heterocycles. The molecular weight excluding hydrogens is 508 g/mol. The smallest absolute Gasteiger partial charge is 0.408 e. The van der Waals surface area contributed by atoms with Crippen molar-refractivity contribution in [3.63, 3.8) is 0 Å². The zero-order valence-electron chi connectivity index (χ0n) is 24.3. The summed E-state index contributed by atoms with van der Waals surface area (Å²) < 4.78 is 5.33. The average molecular weight is 549 g/mol. The number of alkyl carbamates (subject to hydrolysis) is 1. The molecule has 2 aromatic carbocycles. The Morgan fingerprint density at radius 1 is 1.02 bits per heavy atom. The van der Waals surface area contributed by atoms with Gasteiger partial charge in [-0.15, -0.1) is 6.42 Å². The largest absolute Gasteiger partial charge is 0.444 e. The zero-order valence-corrected chi connectivity index (χ0v) is 24.3. The summed E-state index contributed by atoms with van der Waals surface area (Å²) in [5, 5.41) is 5.43. The molecule has 0 bridgehead atoms. The molecule has 0 heterocycles. The molecule has 214 valence electrons. The number of para-hydroxylation sites is 1. The van der Waals surface area contributed by atoms with Crippen molar-refractivity contribution >= 4 is 29.5 Å². The normalized spacial score (nSPS) is 12.8. The van der Waals surface area contributed by atoms with Crippen molar-refractivity contribution in [2.75, 3.05) is 5.32 Å². The second kappa shape index (κ2) is 13.2. The van der Waals surface area contributed by atoms with E-state index >= 15 is 0 Å². The summed E-state index contributed by atoms with van der Waals surface area (Å²) in [5.41, 5.74) is 5.92. The van der Waals surface area contributed by atoms with E-state index in [0.717, 1.165) is 5.56 Å². The van der Waals surface area contributed by atoms with Gasteiger partial charge in [0.2, 0.25) is 11.8 Å². The van der Waals surface area contributed by atoms with Crippen molar-refractivity contribution in [2.24, 2.45) is 5.73 Å². The first-order valence-electron chi connectivity index (χ1n) is 13.1. The summed E-state index contributed by atoms with van der Waals surface area (Å²) in [7, 11) is 0. The van der Waals surface area contributed by atoms with Gasteiger partial charge >= 0.3 is 6.09 Å². The number of terminal acetylenes is 1. The standard InChI is InChI=1S/C31H40N4O5/c1-9-21-16-12-13-17-22(21)26(27(37)33-23-18-14-11-15-20(23)3)35(31(7,8)10-2)28(38)24(19-25(32)36)34-29(39)40-30(4,5)6/h1,11-18,24,26H,10,19H2,2-8H3,(H2,32,36)(H,33,37)(H,34,39). The molecule has 0 aromatic heterocycles. The molecule has 0 saturated carbocycles. The number of ether oxygens (including phenoxy) is 1. The van der Waals surface area contributed by atoms with E-state index < -0.39 is 53.5 Å². The Morgan fingerprint density at radius 3 is 2.17 bits per heavy atom. The Morgan fingerprint density at radius 2 is 1.62 bits per heavy atom. The number of nitrogens with one attached hydrogen (secondary N) is 2. The van der Waals surface area contributed by atoms with Gasteiger partial charge in [0.25, 0.3) is 5.91 Å². The average Bonchev–Trinajstić information content (AvgIpc) is 2.86. The van der Waals surface area contributed by atoms with Gasteiger partial charge in [0.15, 0.2) is 0 Å². The Balaban J connectivity index is 2.72. The molecule has 2 atom stereocenters. The summed E-state index contributed by atoms with van der Waals surface area (Å²) in [5.74, 6) is 0.597. The molecule has 0 fully saturated rings. The van der Waals surface area contributed by atoms with Crippen molar-refractivity contribution in [1.82, 2.24) is 10.2 Å². The maximum Gasteiger partial charge on any atom is 0.408 e. The minimum Gasteiger partial charge on any atom is -0.444 e. The molecular formula is C31H40N4O5. The van der Waals surface area contributed by atoms with Crippen molar-refractivity contribution in [1.29, 1.82) is 0 Å². The van der Waals surface area contributed by atoms with Crippen LogP contribution >= 0.6 is 0 Å². The third-order valence-corrected chi connectivity index (χ3v) is 6.47. The van der Waals surface area contributed by atoms with Gasteiger partial charge in [-0.05, 0) is 71.2 Å². The fourth-order valence-corrected chi connectivity index (χ4v) is 4.14. The van der Waals surface area contributed by atoms with Crippen LogP contribution in [0.15, 0.2) is 48.5 Å². The van der Waals surface area contributed by atoms with E-state index in [1.165, 1.54) is 4.90 Å². The minimum atomic E-state index is -1.40. The molecule has 40 heavy (non-hydrogen) atoms. The predicted octanol–water partition coefficient (Wildman–Crippen LogP) is 4.44. The van der Waals surface area contributed by atoms with Gasteiger partial charge in [0, 0.05) is 16.8 Å². The molecule has 9 nitrogen and oxygen atoms in total. The van der Waals surface area contributed by atoms with Gasteiger partial charge in [0.05, 0.1) is 6.42 Å².